The molecule has 1 amide bonds. The number of hydrogen-bond donors (Lipinski definition) is 0. The van der Waals surface area contributed by atoms with Crippen LogP contribution < -0.4 is 0 Å². The lowest BCUT2D eigenvalue weighted by molar-refractivity contribution is 0.0666. The molecule has 2 aromatic heterocycles. The summed E-state index contributed by atoms with van der Waals surface area (Å²) in [7, 11) is 0. The van der Waals surface area contributed by atoms with E-state index in [1.165, 1.54) is 0 Å². The van der Waals surface area contributed by atoms with E-state index in [0.717, 1.165) is 41.7 Å². The number of thioether (sulfide) groups is 1. The summed E-state index contributed by atoms with van der Waals surface area (Å²) in [5.74, 6) is 2.22. The highest BCUT2D eigenvalue weighted by Gasteiger charge is 2.25. The third-order valence-corrected chi connectivity index (χ3v) is 6.04. The van der Waals surface area contributed by atoms with Gasteiger partial charge in [0, 0.05) is 29.9 Å². The Morgan fingerprint density at radius 2 is 2.33 bits per heavy atom. The van der Waals surface area contributed by atoms with E-state index in [4.69, 9.17) is 4.42 Å². The fraction of sp³-hybridized carbons (Fsp3) is 0.467. The average Bonchev–Trinajstić information content (AvgIpc) is 3.16. The first-order valence-electron chi connectivity index (χ1n) is 7.10. The molecule has 1 aliphatic heterocycles. The molecule has 4 nitrogen and oxygen atoms in total. The molecule has 0 bridgehead atoms. The van der Waals surface area contributed by atoms with Gasteiger partial charge < -0.3 is 9.32 Å². The standard InChI is InChI=1S/C15H18N2O2S2/c1-11-9-20-15(16-11)21-10-12-4-6-17(7-5-12)14(18)13-3-2-8-19-13/h2-3,8-9,12H,4-7,10H2,1H3. The molecule has 0 unspecified atom stereocenters. The summed E-state index contributed by atoms with van der Waals surface area (Å²) in [5, 5.41) is 2.09. The van der Waals surface area contributed by atoms with Gasteiger partial charge in [0.25, 0.3) is 5.91 Å². The summed E-state index contributed by atoms with van der Waals surface area (Å²) in [5.41, 5.74) is 1.10. The number of furan rings is 1. The predicted molar refractivity (Wildman–Crippen MR) is 84.9 cm³/mol. The van der Waals surface area contributed by atoms with Gasteiger partial charge in [-0.05, 0) is 37.8 Å². The van der Waals surface area contributed by atoms with Gasteiger partial charge in [0.2, 0.25) is 0 Å². The molecule has 0 aliphatic carbocycles. The van der Waals surface area contributed by atoms with E-state index in [1.807, 2.05) is 23.6 Å². The summed E-state index contributed by atoms with van der Waals surface area (Å²) >= 11 is 3.56. The molecule has 0 radical (unpaired) electrons. The number of piperidine rings is 1. The molecule has 3 rings (SSSR count). The van der Waals surface area contributed by atoms with Gasteiger partial charge in [-0.1, -0.05) is 11.8 Å². The van der Waals surface area contributed by atoms with E-state index in [1.54, 1.807) is 29.7 Å². The Hall–Kier alpha value is -1.27. The van der Waals surface area contributed by atoms with E-state index < -0.39 is 0 Å². The van der Waals surface area contributed by atoms with Gasteiger partial charge >= 0.3 is 0 Å². The number of hydrogen-bond acceptors (Lipinski definition) is 5. The van der Waals surface area contributed by atoms with E-state index in [2.05, 4.69) is 10.4 Å². The van der Waals surface area contributed by atoms with Crippen molar-refractivity contribution in [1.82, 2.24) is 9.88 Å². The third kappa shape index (κ3) is 3.68. The van der Waals surface area contributed by atoms with Crippen molar-refractivity contribution in [3.63, 3.8) is 0 Å². The first kappa shape index (κ1) is 14.7. The average molecular weight is 322 g/mol. The van der Waals surface area contributed by atoms with Crippen molar-refractivity contribution in [1.29, 1.82) is 0 Å². The van der Waals surface area contributed by atoms with Crippen LogP contribution in [-0.2, 0) is 0 Å². The number of nitrogens with zero attached hydrogens (tertiary/aromatic N) is 2. The molecule has 0 atom stereocenters. The summed E-state index contributed by atoms with van der Waals surface area (Å²) in [6.45, 7) is 3.67. The van der Waals surface area contributed by atoms with E-state index in [-0.39, 0.29) is 5.91 Å². The molecule has 1 aliphatic rings. The predicted octanol–water partition coefficient (Wildman–Crippen LogP) is 3.69. The van der Waals surface area contributed by atoms with Crippen molar-refractivity contribution in [2.45, 2.75) is 24.1 Å². The molecule has 0 aromatic carbocycles. The lowest BCUT2D eigenvalue weighted by Gasteiger charge is -2.31. The number of likely N-dealkylation sites (tertiary alicyclic amines) is 1. The zero-order chi connectivity index (χ0) is 14.7. The number of carbonyl (C=O) groups excluding carboxylic acids is 1. The smallest absolute Gasteiger partial charge is 0.289 e. The zero-order valence-electron chi connectivity index (χ0n) is 11.9. The highest BCUT2D eigenvalue weighted by molar-refractivity contribution is 8.01. The fourth-order valence-corrected chi connectivity index (χ4v) is 4.51. The van der Waals surface area contributed by atoms with Crippen LogP contribution in [0, 0.1) is 12.8 Å². The molecule has 112 valence electrons. The van der Waals surface area contributed by atoms with Gasteiger partial charge in [0.1, 0.15) is 4.34 Å². The highest BCUT2D eigenvalue weighted by atomic mass is 32.2. The van der Waals surface area contributed by atoms with Gasteiger partial charge in [-0.3, -0.25) is 4.79 Å². The monoisotopic (exact) mass is 322 g/mol. The number of aromatic nitrogens is 1. The second-order valence-corrected chi connectivity index (χ2v) is 7.40. The quantitative estimate of drug-likeness (QED) is 0.806. The number of rotatable bonds is 4. The maximum absolute atomic E-state index is 12.2. The van der Waals surface area contributed by atoms with Crippen LogP contribution in [0.4, 0.5) is 0 Å². The third-order valence-electron chi connectivity index (χ3n) is 3.67. The number of aryl methyl sites for hydroxylation is 1. The molecule has 21 heavy (non-hydrogen) atoms. The van der Waals surface area contributed by atoms with Gasteiger partial charge in [-0.25, -0.2) is 4.98 Å². The van der Waals surface area contributed by atoms with Crippen molar-refractivity contribution in [3.8, 4) is 0 Å². The second-order valence-electron chi connectivity index (χ2n) is 5.28. The first-order valence-corrected chi connectivity index (χ1v) is 8.96. The Morgan fingerprint density at radius 3 is 2.95 bits per heavy atom. The molecule has 6 heteroatoms. The summed E-state index contributed by atoms with van der Waals surface area (Å²) in [4.78, 5) is 18.5. The van der Waals surface area contributed by atoms with Crippen LogP contribution >= 0.6 is 23.1 Å². The molecule has 1 fully saturated rings. The number of thiazole rings is 1. The van der Waals surface area contributed by atoms with Crippen molar-refractivity contribution in [3.05, 3.63) is 35.2 Å². The Bertz CT molecular complexity index is 587. The van der Waals surface area contributed by atoms with Crippen LogP contribution in [0.25, 0.3) is 0 Å². The Kier molecular flexibility index (Phi) is 4.65. The van der Waals surface area contributed by atoms with Crippen molar-refractivity contribution in [2.24, 2.45) is 5.92 Å². The molecule has 0 spiro atoms. The molecule has 3 heterocycles. The second kappa shape index (κ2) is 6.66. The minimum Gasteiger partial charge on any atom is -0.459 e. The Balaban J connectivity index is 1.45. The maximum Gasteiger partial charge on any atom is 0.289 e. The minimum absolute atomic E-state index is 0.0154. The normalized spacial score (nSPS) is 16.3. The van der Waals surface area contributed by atoms with Crippen LogP contribution in [0.5, 0.6) is 0 Å². The van der Waals surface area contributed by atoms with Crippen LogP contribution in [0.3, 0.4) is 0 Å². The van der Waals surface area contributed by atoms with Crippen LogP contribution in [-0.4, -0.2) is 34.6 Å². The zero-order valence-corrected chi connectivity index (χ0v) is 13.6. The molecule has 2 aromatic rings. The molecular weight excluding hydrogens is 304 g/mol. The van der Waals surface area contributed by atoms with Crippen LogP contribution in [0.1, 0.15) is 29.1 Å². The molecule has 0 saturated carbocycles. The minimum atomic E-state index is 0.0154. The molecule has 1 saturated heterocycles. The fourth-order valence-electron chi connectivity index (χ4n) is 2.45. The summed E-state index contributed by atoms with van der Waals surface area (Å²) < 4.78 is 6.34. The van der Waals surface area contributed by atoms with Crippen molar-refractivity contribution < 1.29 is 9.21 Å². The van der Waals surface area contributed by atoms with Crippen LogP contribution in [0.15, 0.2) is 32.5 Å². The van der Waals surface area contributed by atoms with E-state index >= 15 is 0 Å². The Labute approximate surface area is 132 Å². The van der Waals surface area contributed by atoms with Gasteiger partial charge in [-0.15, -0.1) is 11.3 Å². The molecule has 0 N–H and O–H groups in total. The molecular formula is C15H18N2O2S2. The largest absolute Gasteiger partial charge is 0.459 e. The first-order chi connectivity index (χ1) is 10.2. The summed E-state index contributed by atoms with van der Waals surface area (Å²) in [6, 6.07) is 3.49. The Morgan fingerprint density at radius 1 is 1.52 bits per heavy atom. The van der Waals surface area contributed by atoms with E-state index in [0.29, 0.717) is 11.7 Å². The van der Waals surface area contributed by atoms with Gasteiger partial charge in [-0.2, -0.15) is 0 Å². The van der Waals surface area contributed by atoms with Gasteiger partial charge in [0.15, 0.2) is 5.76 Å². The topological polar surface area (TPSA) is 46.3 Å². The van der Waals surface area contributed by atoms with Gasteiger partial charge in [0.05, 0.1) is 6.26 Å². The maximum atomic E-state index is 12.2. The van der Waals surface area contributed by atoms with E-state index in [9.17, 15) is 4.79 Å². The highest BCUT2D eigenvalue weighted by Crippen LogP contribution is 2.29. The van der Waals surface area contributed by atoms with Crippen molar-refractivity contribution in [2.75, 3.05) is 18.8 Å². The van der Waals surface area contributed by atoms with Crippen molar-refractivity contribution >= 4 is 29.0 Å². The summed E-state index contributed by atoms with van der Waals surface area (Å²) in [6.07, 6.45) is 3.67. The lowest BCUT2D eigenvalue weighted by Crippen LogP contribution is -2.38. The number of amides is 1. The number of carbonyl (C=O) groups is 1. The lowest BCUT2D eigenvalue weighted by atomic mass is 9.99. The van der Waals surface area contributed by atoms with Crippen LogP contribution in [0.2, 0.25) is 0 Å². The SMILES string of the molecule is Cc1csc(SCC2CCN(C(=O)c3ccco3)CC2)n1.